The molecule has 6 heteroatoms. The third-order valence-corrected chi connectivity index (χ3v) is 4.53. The van der Waals surface area contributed by atoms with E-state index in [1.54, 1.807) is 11.3 Å². The predicted octanol–water partition coefficient (Wildman–Crippen LogP) is 2.10. The van der Waals surface area contributed by atoms with Gasteiger partial charge >= 0.3 is 0 Å². The van der Waals surface area contributed by atoms with Gasteiger partial charge in [-0.2, -0.15) is 0 Å². The third kappa shape index (κ3) is 2.62. The zero-order chi connectivity index (χ0) is 13.9. The molecule has 0 saturated carbocycles. The van der Waals surface area contributed by atoms with Crippen LogP contribution in [0.3, 0.4) is 0 Å². The van der Waals surface area contributed by atoms with E-state index in [9.17, 15) is 0 Å². The summed E-state index contributed by atoms with van der Waals surface area (Å²) in [5.74, 6) is 0. The van der Waals surface area contributed by atoms with Gasteiger partial charge in [-0.05, 0) is 12.1 Å². The lowest BCUT2D eigenvalue weighted by molar-refractivity contribution is 0.652. The Bertz CT molecular complexity index is 589. The largest absolute Gasteiger partial charge is 0.389 e. The zero-order valence-electron chi connectivity index (χ0n) is 11.0. The van der Waals surface area contributed by atoms with Crippen molar-refractivity contribution in [1.82, 2.24) is 4.98 Å². The highest BCUT2D eigenvalue weighted by Gasteiger charge is 2.20. The van der Waals surface area contributed by atoms with E-state index in [4.69, 9.17) is 18.0 Å². The average Bonchev–Trinajstić information content (AvgIpc) is 3.02. The summed E-state index contributed by atoms with van der Waals surface area (Å²) in [6.45, 7) is 3.86. The molecule has 104 valence electrons. The fraction of sp³-hybridized carbons (Fsp3) is 0.286. The second kappa shape index (κ2) is 5.76. The van der Waals surface area contributed by atoms with Crippen LogP contribution in [0.1, 0.15) is 5.56 Å². The molecule has 2 heterocycles. The number of piperazine rings is 1. The van der Waals surface area contributed by atoms with Gasteiger partial charge in [-0.1, -0.05) is 24.4 Å². The number of benzene rings is 1. The monoisotopic (exact) mass is 304 g/mol. The van der Waals surface area contributed by atoms with Crippen LogP contribution in [-0.2, 0) is 0 Å². The topological polar surface area (TPSA) is 45.4 Å². The maximum atomic E-state index is 5.81. The fourth-order valence-corrected chi connectivity index (χ4v) is 3.34. The van der Waals surface area contributed by atoms with E-state index in [-0.39, 0.29) is 0 Å². The number of hydrogen-bond acceptors (Lipinski definition) is 5. The van der Waals surface area contributed by atoms with Gasteiger partial charge < -0.3 is 15.5 Å². The quantitative estimate of drug-likeness (QED) is 0.880. The van der Waals surface area contributed by atoms with Crippen molar-refractivity contribution in [1.29, 1.82) is 0 Å². The lowest BCUT2D eigenvalue weighted by Crippen LogP contribution is -2.47. The van der Waals surface area contributed by atoms with Crippen LogP contribution >= 0.6 is 23.6 Å². The summed E-state index contributed by atoms with van der Waals surface area (Å²) < 4.78 is 0. The van der Waals surface area contributed by atoms with Crippen molar-refractivity contribution in [2.24, 2.45) is 5.73 Å². The molecule has 20 heavy (non-hydrogen) atoms. The van der Waals surface area contributed by atoms with Gasteiger partial charge in [0.2, 0.25) is 0 Å². The number of para-hydroxylation sites is 1. The van der Waals surface area contributed by atoms with Gasteiger partial charge in [-0.15, -0.1) is 11.3 Å². The van der Waals surface area contributed by atoms with Crippen molar-refractivity contribution in [2.45, 2.75) is 0 Å². The number of thiazole rings is 1. The van der Waals surface area contributed by atoms with Crippen molar-refractivity contribution >= 4 is 39.4 Å². The number of rotatable bonds is 3. The first-order chi connectivity index (χ1) is 9.75. The molecule has 1 aromatic carbocycles. The van der Waals surface area contributed by atoms with Crippen molar-refractivity contribution in [3.05, 3.63) is 41.4 Å². The summed E-state index contributed by atoms with van der Waals surface area (Å²) in [7, 11) is 0. The molecule has 1 aliphatic rings. The Labute approximate surface area is 127 Å². The molecule has 0 amide bonds. The first-order valence-electron chi connectivity index (χ1n) is 6.54. The molecule has 1 fully saturated rings. The number of thiocarbonyl (C=S) groups is 1. The molecular weight excluding hydrogens is 288 g/mol. The average molecular weight is 304 g/mol. The highest BCUT2D eigenvalue weighted by atomic mass is 32.1. The van der Waals surface area contributed by atoms with Crippen molar-refractivity contribution < 1.29 is 0 Å². The molecule has 0 unspecified atom stereocenters. The standard InChI is InChI=1S/C14H16N4S2/c15-13(19)11-3-1-2-4-12(11)17-6-8-18(9-7-17)14-16-5-10-20-14/h1-5,10H,6-9H2,(H2,15,19). The van der Waals surface area contributed by atoms with Gasteiger partial charge in [-0.25, -0.2) is 4.98 Å². The number of aromatic nitrogens is 1. The first kappa shape index (κ1) is 13.3. The maximum Gasteiger partial charge on any atom is 0.185 e. The maximum absolute atomic E-state index is 5.81. The minimum absolute atomic E-state index is 0.461. The minimum atomic E-state index is 0.461. The lowest BCUT2D eigenvalue weighted by Gasteiger charge is -2.36. The molecule has 1 aromatic heterocycles. The van der Waals surface area contributed by atoms with Gasteiger partial charge in [0, 0.05) is 49.0 Å². The molecule has 2 N–H and O–H groups in total. The van der Waals surface area contributed by atoms with E-state index in [1.165, 1.54) is 0 Å². The Morgan fingerprint density at radius 1 is 1.15 bits per heavy atom. The summed E-state index contributed by atoms with van der Waals surface area (Å²) in [6.07, 6.45) is 1.86. The smallest absolute Gasteiger partial charge is 0.185 e. The van der Waals surface area contributed by atoms with Gasteiger partial charge in [0.05, 0.1) is 0 Å². The first-order valence-corrected chi connectivity index (χ1v) is 7.83. The predicted molar refractivity (Wildman–Crippen MR) is 88.9 cm³/mol. The van der Waals surface area contributed by atoms with E-state index in [2.05, 4.69) is 20.9 Å². The van der Waals surface area contributed by atoms with Gasteiger partial charge in [0.1, 0.15) is 4.99 Å². The van der Waals surface area contributed by atoms with Crippen LogP contribution in [0.25, 0.3) is 0 Å². The lowest BCUT2D eigenvalue weighted by atomic mass is 10.1. The molecular formula is C14H16N4S2. The van der Waals surface area contributed by atoms with Crippen LogP contribution in [0.15, 0.2) is 35.8 Å². The van der Waals surface area contributed by atoms with E-state index in [0.717, 1.165) is 42.6 Å². The van der Waals surface area contributed by atoms with Gasteiger partial charge in [0.25, 0.3) is 0 Å². The summed E-state index contributed by atoms with van der Waals surface area (Å²) in [6, 6.07) is 8.09. The summed E-state index contributed by atoms with van der Waals surface area (Å²) >= 11 is 6.83. The Hall–Kier alpha value is -1.66. The minimum Gasteiger partial charge on any atom is -0.389 e. The van der Waals surface area contributed by atoms with E-state index >= 15 is 0 Å². The summed E-state index contributed by atoms with van der Waals surface area (Å²) in [5, 5.41) is 3.12. The van der Waals surface area contributed by atoms with Crippen molar-refractivity contribution in [3.8, 4) is 0 Å². The van der Waals surface area contributed by atoms with Crippen LogP contribution in [0, 0.1) is 0 Å². The summed E-state index contributed by atoms with van der Waals surface area (Å²) in [5.41, 5.74) is 7.91. The normalized spacial score (nSPS) is 15.4. The molecule has 0 spiro atoms. The Morgan fingerprint density at radius 2 is 1.85 bits per heavy atom. The molecule has 0 atom stereocenters. The van der Waals surface area contributed by atoms with E-state index in [0.29, 0.717) is 4.99 Å². The van der Waals surface area contributed by atoms with Gasteiger partial charge in [0.15, 0.2) is 5.13 Å². The highest BCUT2D eigenvalue weighted by molar-refractivity contribution is 7.80. The SMILES string of the molecule is NC(=S)c1ccccc1N1CCN(c2nccs2)CC1. The highest BCUT2D eigenvalue weighted by Crippen LogP contribution is 2.24. The van der Waals surface area contributed by atoms with Crippen LogP contribution in [0.5, 0.6) is 0 Å². The van der Waals surface area contributed by atoms with Crippen LogP contribution in [-0.4, -0.2) is 36.2 Å². The van der Waals surface area contributed by atoms with Gasteiger partial charge in [-0.3, -0.25) is 0 Å². The van der Waals surface area contributed by atoms with Crippen LogP contribution in [0.2, 0.25) is 0 Å². The molecule has 3 rings (SSSR count). The second-order valence-electron chi connectivity index (χ2n) is 4.67. The molecule has 0 aliphatic carbocycles. The molecule has 0 radical (unpaired) electrons. The second-order valence-corrected chi connectivity index (χ2v) is 5.98. The van der Waals surface area contributed by atoms with Crippen molar-refractivity contribution in [2.75, 3.05) is 36.0 Å². The fourth-order valence-electron chi connectivity index (χ4n) is 2.47. The number of nitrogens with two attached hydrogens (primary N) is 1. The Kier molecular flexibility index (Phi) is 3.84. The van der Waals surface area contributed by atoms with Crippen LogP contribution in [0.4, 0.5) is 10.8 Å². The number of hydrogen-bond donors (Lipinski definition) is 1. The third-order valence-electron chi connectivity index (χ3n) is 3.48. The molecule has 4 nitrogen and oxygen atoms in total. The number of nitrogens with zero attached hydrogens (tertiary/aromatic N) is 3. The molecule has 0 bridgehead atoms. The van der Waals surface area contributed by atoms with E-state index < -0.39 is 0 Å². The molecule has 2 aromatic rings. The van der Waals surface area contributed by atoms with Crippen LogP contribution < -0.4 is 15.5 Å². The molecule has 1 saturated heterocycles. The Morgan fingerprint density at radius 3 is 2.50 bits per heavy atom. The van der Waals surface area contributed by atoms with E-state index in [1.807, 2.05) is 29.8 Å². The number of anilines is 2. The Balaban J connectivity index is 1.74. The molecule has 1 aliphatic heterocycles. The zero-order valence-corrected chi connectivity index (χ0v) is 12.7. The van der Waals surface area contributed by atoms with Crippen molar-refractivity contribution in [3.63, 3.8) is 0 Å². The summed E-state index contributed by atoms with van der Waals surface area (Å²) in [4.78, 5) is 9.50.